The van der Waals surface area contributed by atoms with Crippen LogP contribution in [0.25, 0.3) is 0 Å². The van der Waals surface area contributed by atoms with Crippen molar-refractivity contribution in [2.24, 2.45) is 0 Å². The van der Waals surface area contributed by atoms with Crippen molar-refractivity contribution in [3.63, 3.8) is 0 Å². The van der Waals surface area contributed by atoms with E-state index in [2.05, 4.69) is 10.0 Å². The van der Waals surface area contributed by atoms with Crippen LogP contribution in [0, 0.1) is 17.5 Å². The smallest absolute Gasteiger partial charge is 0.246 e. The third-order valence-electron chi connectivity index (χ3n) is 2.85. The third kappa shape index (κ3) is 3.26. The molecule has 0 radical (unpaired) electrons. The van der Waals surface area contributed by atoms with Gasteiger partial charge in [0.15, 0.2) is 4.90 Å². The first-order valence-electron chi connectivity index (χ1n) is 5.78. The van der Waals surface area contributed by atoms with Gasteiger partial charge in [-0.2, -0.15) is 0 Å². The second-order valence-corrected chi connectivity index (χ2v) is 6.01. The minimum Gasteiger partial charge on any atom is -0.315 e. The molecule has 19 heavy (non-hydrogen) atoms. The molecule has 0 aromatic heterocycles. The van der Waals surface area contributed by atoms with Crippen molar-refractivity contribution in [1.82, 2.24) is 10.0 Å². The molecule has 1 atom stereocenters. The van der Waals surface area contributed by atoms with Gasteiger partial charge in [0.25, 0.3) is 0 Å². The van der Waals surface area contributed by atoms with Crippen LogP contribution in [0.4, 0.5) is 13.2 Å². The van der Waals surface area contributed by atoms with E-state index in [9.17, 15) is 21.6 Å². The molecule has 8 heteroatoms. The summed E-state index contributed by atoms with van der Waals surface area (Å²) in [5.41, 5.74) is 0. The lowest BCUT2D eigenvalue weighted by Gasteiger charge is -2.23. The molecule has 1 saturated heterocycles. The highest BCUT2D eigenvalue weighted by molar-refractivity contribution is 7.89. The molecule has 0 aliphatic carbocycles. The fraction of sp³-hybridized carbons (Fsp3) is 0.455. The summed E-state index contributed by atoms with van der Waals surface area (Å²) in [5.74, 6) is -4.03. The van der Waals surface area contributed by atoms with Crippen LogP contribution < -0.4 is 10.0 Å². The van der Waals surface area contributed by atoms with E-state index in [1.165, 1.54) is 0 Å². The van der Waals surface area contributed by atoms with E-state index in [1.54, 1.807) is 0 Å². The number of hydrogen-bond acceptors (Lipinski definition) is 3. The molecule has 1 fully saturated rings. The quantitative estimate of drug-likeness (QED) is 0.879. The van der Waals surface area contributed by atoms with Gasteiger partial charge in [-0.1, -0.05) is 0 Å². The van der Waals surface area contributed by atoms with Gasteiger partial charge in [0.1, 0.15) is 17.5 Å². The highest BCUT2D eigenvalue weighted by atomic mass is 32.2. The Morgan fingerprint density at radius 2 is 1.84 bits per heavy atom. The van der Waals surface area contributed by atoms with E-state index in [-0.39, 0.29) is 0 Å². The summed E-state index contributed by atoms with van der Waals surface area (Å²) in [6.07, 6.45) is 1.35. The molecule has 0 saturated carbocycles. The fourth-order valence-corrected chi connectivity index (χ4v) is 3.41. The molecule has 1 heterocycles. The predicted octanol–water partition coefficient (Wildman–Crippen LogP) is 1.13. The maximum Gasteiger partial charge on any atom is 0.246 e. The number of benzene rings is 1. The Bertz CT molecular complexity index is 548. The van der Waals surface area contributed by atoms with Crippen LogP contribution >= 0.6 is 0 Å². The van der Waals surface area contributed by atoms with Crippen LogP contribution in [-0.4, -0.2) is 27.5 Å². The van der Waals surface area contributed by atoms with Gasteiger partial charge >= 0.3 is 0 Å². The van der Waals surface area contributed by atoms with E-state index in [0.717, 1.165) is 13.0 Å². The number of nitrogens with one attached hydrogen (secondary N) is 2. The first-order chi connectivity index (χ1) is 8.90. The van der Waals surface area contributed by atoms with Crippen LogP contribution in [0.1, 0.15) is 12.8 Å². The number of hydrogen-bond donors (Lipinski definition) is 2. The van der Waals surface area contributed by atoms with Crippen LogP contribution in [0.15, 0.2) is 17.0 Å². The number of halogens is 3. The summed E-state index contributed by atoms with van der Waals surface area (Å²) >= 11 is 0. The van der Waals surface area contributed by atoms with Crippen molar-refractivity contribution in [3.8, 4) is 0 Å². The number of piperidine rings is 1. The molecule has 4 nitrogen and oxygen atoms in total. The Labute approximate surface area is 109 Å². The van der Waals surface area contributed by atoms with E-state index >= 15 is 0 Å². The highest BCUT2D eigenvalue weighted by Gasteiger charge is 2.28. The van der Waals surface area contributed by atoms with Gasteiger partial charge in [-0.25, -0.2) is 26.3 Å². The summed E-state index contributed by atoms with van der Waals surface area (Å²) in [6, 6.07) is 0.260. The molecule has 0 spiro atoms. The fourth-order valence-electron chi connectivity index (χ4n) is 2.02. The van der Waals surface area contributed by atoms with Gasteiger partial charge in [0, 0.05) is 24.7 Å². The molecular weight excluding hydrogens is 281 g/mol. The molecule has 2 rings (SSSR count). The lowest BCUT2D eigenvalue weighted by atomic mass is 10.1. The molecule has 106 valence electrons. The van der Waals surface area contributed by atoms with E-state index in [4.69, 9.17) is 0 Å². The summed E-state index contributed by atoms with van der Waals surface area (Å²) in [6.45, 7) is 1.17. The molecule has 0 unspecified atom stereocenters. The Morgan fingerprint density at radius 3 is 2.37 bits per heavy atom. The zero-order chi connectivity index (χ0) is 14.0. The van der Waals surface area contributed by atoms with Crippen molar-refractivity contribution >= 4 is 10.0 Å². The standard InChI is InChI=1S/C11H13F3N2O2S/c12-7-4-9(13)11(10(14)5-7)19(17,18)16-8-2-1-3-15-6-8/h4-5,8,15-16H,1-3,6H2/t8-/m1/s1. The molecule has 1 aromatic carbocycles. The minimum absolute atomic E-state index is 0.344. The first-order valence-corrected chi connectivity index (χ1v) is 7.26. The maximum atomic E-state index is 13.4. The first kappa shape index (κ1) is 14.3. The monoisotopic (exact) mass is 294 g/mol. The third-order valence-corrected chi connectivity index (χ3v) is 4.42. The van der Waals surface area contributed by atoms with E-state index in [0.29, 0.717) is 25.1 Å². The van der Waals surface area contributed by atoms with Gasteiger partial charge in [0.05, 0.1) is 0 Å². The number of rotatable bonds is 3. The van der Waals surface area contributed by atoms with Crippen LogP contribution in [0.2, 0.25) is 0 Å². The molecular formula is C11H13F3N2O2S. The molecule has 0 amide bonds. The summed E-state index contributed by atoms with van der Waals surface area (Å²) in [4.78, 5) is -1.14. The molecule has 0 bridgehead atoms. The molecule has 1 aliphatic heterocycles. The van der Waals surface area contributed by atoms with Crippen molar-refractivity contribution in [3.05, 3.63) is 29.6 Å². The second-order valence-electron chi connectivity index (χ2n) is 4.36. The zero-order valence-corrected chi connectivity index (χ0v) is 10.7. The Balaban J connectivity index is 2.29. The van der Waals surface area contributed by atoms with Crippen molar-refractivity contribution in [1.29, 1.82) is 0 Å². The average Bonchev–Trinajstić information content (AvgIpc) is 2.27. The second kappa shape index (κ2) is 5.48. The Morgan fingerprint density at radius 1 is 1.21 bits per heavy atom. The topological polar surface area (TPSA) is 58.2 Å². The van der Waals surface area contributed by atoms with E-state index < -0.39 is 38.4 Å². The van der Waals surface area contributed by atoms with Gasteiger partial charge < -0.3 is 5.32 Å². The average molecular weight is 294 g/mol. The van der Waals surface area contributed by atoms with Crippen LogP contribution in [-0.2, 0) is 10.0 Å². The summed E-state index contributed by atoms with van der Waals surface area (Å²) in [5, 5.41) is 2.97. The zero-order valence-electron chi connectivity index (χ0n) is 9.92. The molecule has 2 N–H and O–H groups in total. The Kier molecular flexibility index (Phi) is 4.12. The van der Waals surface area contributed by atoms with Gasteiger partial charge in [-0.3, -0.25) is 0 Å². The lowest BCUT2D eigenvalue weighted by Crippen LogP contribution is -2.45. The van der Waals surface area contributed by atoms with Crippen molar-refractivity contribution < 1.29 is 21.6 Å². The number of sulfonamides is 1. The predicted molar refractivity (Wildman–Crippen MR) is 62.5 cm³/mol. The largest absolute Gasteiger partial charge is 0.315 e. The normalized spacial score (nSPS) is 20.5. The van der Waals surface area contributed by atoms with Gasteiger partial charge in [-0.15, -0.1) is 0 Å². The summed E-state index contributed by atoms with van der Waals surface area (Å²) in [7, 11) is -4.34. The molecule has 1 aromatic rings. The maximum absolute atomic E-state index is 13.4. The Hall–Kier alpha value is -1.12. The molecule has 1 aliphatic rings. The summed E-state index contributed by atoms with van der Waals surface area (Å²) < 4.78 is 65.7. The van der Waals surface area contributed by atoms with Crippen molar-refractivity contribution in [2.45, 2.75) is 23.8 Å². The van der Waals surface area contributed by atoms with Crippen molar-refractivity contribution in [2.75, 3.05) is 13.1 Å². The minimum atomic E-state index is -4.34. The van der Waals surface area contributed by atoms with Crippen LogP contribution in [0.5, 0.6) is 0 Å². The van der Waals surface area contributed by atoms with Gasteiger partial charge in [-0.05, 0) is 19.4 Å². The SMILES string of the molecule is O=S(=O)(N[C@@H]1CCCNC1)c1c(F)cc(F)cc1F. The van der Waals surface area contributed by atoms with Crippen LogP contribution in [0.3, 0.4) is 0 Å². The van der Waals surface area contributed by atoms with E-state index in [1.807, 2.05) is 0 Å². The highest BCUT2D eigenvalue weighted by Crippen LogP contribution is 2.20. The van der Waals surface area contributed by atoms with Gasteiger partial charge in [0.2, 0.25) is 10.0 Å². The lowest BCUT2D eigenvalue weighted by molar-refractivity contribution is 0.424.